The summed E-state index contributed by atoms with van der Waals surface area (Å²) in [4.78, 5) is 19.0. The molecule has 2 aliphatic carbocycles. The molecular weight excluding hydrogens is 392 g/mol. The summed E-state index contributed by atoms with van der Waals surface area (Å²) in [6, 6.07) is 2.48. The van der Waals surface area contributed by atoms with Crippen LogP contribution in [0.4, 0.5) is 0 Å². The van der Waals surface area contributed by atoms with Crippen LogP contribution in [0.3, 0.4) is 0 Å². The molecular formula is C24H34N4O3. The molecule has 3 aliphatic rings. The topological polar surface area (TPSA) is 84.4 Å². The SMILES string of the molecule is CCc1cc([C@]23CC2CN(CCC2CCC(NC(=O)Cc4cnc(C)o4)CC2)C3)no1. The van der Waals surface area contributed by atoms with Gasteiger partial charge < -0.3 is 19.2 Å². The first-order chi connectivity index (χ1) is 15.0. The van der Waals surface area contributed by atoms with Gasteiger partial charge in [0.2, 0.25) is 5.91 Å². The Labute approximate surface area is 183 Å². The fourth-order valence-electron chi connectivity index (χ4n) is 5.75. The van der Waals surface area contributed by atoms with E-state index < -0.39 is 0 Å². The van der Waals surface area contributed by atoms with Crippen molar-refractivity contribution in [2.45, 2.75) is 76.7 Å². The molecule has 0 spiro atoms. The van der Waals surface area contributed by atoms with E-state index in [4.69, 9.17) is 8.94 Å². The van der Waals surface area contributed by atoms with Crippen LogP contribution in [0.25, 0.3) is 0 Å². The molecule has 2 saturated carbocycles. The van der Waals surface area contributed by atoms with Crippen molar-refractivity contribution in [3.8, 4) is 0 Å². The van der Waals surface area contributed by atoms with Gasteiger partial charge in [0.25, 0.3) is 0 Å². The highest BCUT2D eigenvalue weighted by atomic mass is 16.5. The minimum Gasteiger partial charge on any atom is -0.446 e. The molecule has 0 radical (unpaired) electrons. The number of hydrogen-bond donors (Lipinski definition) is 1. The minimum absolute atomic E-state index is 0.0419. The van der Waals surface area contributed by atoms with Crippen LogP contribution in [0.2, 0.25) is 0 Å². The summed E-state index contributed by atoms with van der Waals surface area (Å²) in [6.45, 7) is 7.44. The molecule has 7 heteroatoms. The van der Waals surface area contributed by atoms with Crippen molar-refractivity contribution in [2.24, 2.45) is 11.8 Å². The maximum atomic E-state index is 12.3. The Hall–Kier alpha value is -2.15. The largest absolute Gasteiger partial charge is 0.446 e. The van der Waals surface area contributed by atoms with Crippen LogP contribution in [-0.2, 0) is 23.1 Å². The van der Waals surface area contributed by atoms with Crippen LogP contribution in [0, 0.1) is 18.8 Å². The number of hydrogen-bond acceptors (Lipinski definition) is 6. The number of rotatable bonds is 8. The first-order valence-electron chi connectivity index (χ1n) is 11.9. The van der Waals surface area contributed by atoms with E-state index in [9.17, 15) is 4.79 Å². The van der Waals surface area contributed by atoms with E-state index in [0.29, 0.717) is 17.7 Å². The molecule has 2 aromatic heterocycles. The number of nitrogens with zero attached hydrogens (tertiary/aromatic N) is 3. The summed E-state index contributed by atoms with van der Waals surface area (Å²) >= 11 is 0. The Balaban J connectivity index is 1.02. The zero-order valence-electron chi connectivity index (χ0n) is 18.7. The normalized spacial score (nSPS) is 30.3. The van der Waals surface area contributed by atoms with E-state index in [1.807, 2.05) is 0 Å². The molecule has 1 N–H and O–H groups in total. The van der Waals surface area contributed by atoms with Crippen LogP contribution < -0.4 is 5.32 Å². The predicted molar refractivity (Wildman–Crippen MR) is 116 cm³/mol. The minimum atomic E-state index is 0.0419. The third-order valence-electron chi connectivity index (χ3n) is 7.70. The number of oxazole rings is 1. The first-order valence-corrected chi connectivity index (χ1v) is 11.9. The second-order valence-corrected chi connectivity index (χ2v) is 9.92. The molecule has 7 nitrogen and oxygen atoms in total. The number of nitrogens with one attached hydrogen (secondary N) is 1. The molecule has 2 aromatic rings. The molecule has 3 heterocycles. The van der Waals surface area contributed by atoms with E-state index in [1.165, 1.54) is 44.5 Å². The van der Waals surface area contributed by atoms with Crippen molar-refractivity contribution >= 4 is 5.91 Å². The highest BCUT2D eigenvalue weighted by Gasteiger charge is 2.62. The lowest BCUT2D eigenvalue weighted by molar-refractivity contribution is -0.121. The average Bonchev–Trinajstić information content (AvgIpc) is 3.17. The molecule has 0 bridgehead atoms. The molecule has 168 valence electrons. The van der Waals surface area contributed by atoms with Gasteiger partial charge in [0, 0.05) is 44.0 Å². The van der Waals surface area contributed by atoms with E-state index in [0.717, 1.165) is 43.4 Å². The first kappa shape index (κ1) is 20.7. The van der Waals surface area contributed by atoms with Crippen molar-refractivity contribution in [2.75, 3.05) is 19.6 Å². The molecule has 2 atom stereocenters. The van der Waals surface area contributed by atoms with Crippen LogP contribution in [-0.4, -0.2) is 46.6 Å². The standard InChI is InChI=1S/C24H34N4O3/c1-3-20-10-22(27-31-20)24-12-18(24)14-28(15-24)9-8-17-4-6-19(7-5-17)26-23(29)11-21-13-25-16(2)30-21/h10,13,17-19H,3-9,11-12,14-15H2,1-2H3,(H,26,29)/t17?,18?,19?,24-/m0/s1. The second kappa shape index (κ2) is 8.41. The molecule has 1 saturated heterocycles. The molecule has 1 amide bonds. The summed E-state index contributed by atoms with van der Waals surface area (Å²) in [5.41, 5.74) is 1.47. The highest BCUT2D eigenvalue weighted by Crippen LogP contribution is 2.58. The van der Waals surface area contributed by atoms with Crippen molar-refractivity contribution in [3.63, 3.8) is 0 Å². The lowest BCUT2D eigenvalue weighted by Gasteiger charge is -2.30. The summed E-state index contributed by atoms with van der Waals surface area (Å²) in [5, 5.41) is 7.56. The molecule has 5 rings (SSSR count). The van der Waals surface area contributed by atoms with Gasteiger partial charge in [-0.05, 0) is 56.9 Å². The highest BCUT2D eigenvalue weighted by molar-refractivity contribution is 5.78. The van der Waals surface area contributed by atoms with Crippen molar-refractivity contribution in [3.05, 3.63) is 35.4 Å². The Morgan fingerprint density at radius 2 is 2.13 bits per heavy atom. The number of carbonyl (C=O) groups excluding carboxylic acids is 1. The number of aromatic nitrogens is 2. The third-order valence-corrected chi connectivity index (χ3v) is 7.70. The number of aryl methyl sites for hydroxylation is 2. The lowest BCUT2D eigenvalue weighted by atomic mass is 9.84. The number of fused-ring (bicyclic) bond motifs is 1. The Morgan fingerprint density at radius 3 is 2.84 bits per heavy atom. The van der Waals surface area contributed by atoms with Crippen molar-refractivity contribution in [1.29, 1.82) is 0 Å². The molecule has 3 fully saturated rings. The average molecular weight is 427 g/mol. The molecule has 31 heavy (non-hydrogen) atoms. The number of carbonyl (C=O) groups is 1. The van der Waals surface area contributed by atoms with Gasteiger partial charge >= 0.3 is 0 Å². The smallest absolute Gasteiger partial charge is 0.227 e. The van der Waals surface area contributed by atoms with Gasteiger partial charge in [-0.15, -0.1) is 0 Å². The number of likely N-dealkylation sites (tertiary alicyclic amines) is 1. The monoisotopic (exact) mass is 426 g/mol. The summed E-state index contributed by atoms with van der Waals surface area (Å²) in [6.07, 6.45) is 9.95. The fraction of sp³-hybridized carbons (Fsp3) is 0.708. The maximum Gasteiger partial charge on any atom is 0.227 e. The van der Waals surface area contributed by atoms with Crippen LogP contribution in [0.5, 0.6) is 0 Å². The lowest BCUT2D eigenvalue weighted by Crippen LogP contribution is -2.39. The summed E-state index contributed by atoms with van der Waals surface area (Å²) in [7, 11) is 0. The van der Waals surface area contributed by atoms with E-state index in [1.54, 1.807) is 13.1 Å². The van der Waals surface area contributed by atoms with Gasteiger partial charge in [0.1, 0.15) is 11.5 Å². The fourth-order valence-corrected chi connectivity index (χ4v) is 5.75. The second-order valence-electron chi connectivity index (χ2n) is 9.92. The van der Waals surface area contributed by atoms with Gasteiger partial charge in [-0.1, -0.05) is 12.1 Å². The van der Waals surface area contributed by atoms with Gasteiger partial charge in [0.15, 0.2) is 5.89 Å². The van der Waals surface area contributed by atoms with Crippen LogP contribution in [0.1, 0.15) is 68.6 Å². The van der Waals surface area contributed by atoms with Gasteiger partial charge in [-0.2, -0.15) is 0 Å². The van der Waals surface area contributed by atoms with E-state index in [2.05, 4.69) is 33.3 Å². The summed E-state index contributed by atoms with van der Waals surface area (Å²) in [5.74, 6) is 3.84. The molecule has 1 unspecified atom stereocenters. The molecule has 1 aliphatic heterocycles. The molecule has 0 aromatic carbocycles. The third kappa shape index (κ3) is 4.43. The number of piperidine rings is 1. The van der Waals surface area contributed by atoms with Gasteiger partial charge in [0.05, 0.1) is 18.3 Å². The zero-order chi connectivity index (χ0) is 21.4. The van der Waals surface area contributed by atoms with Crippen LogP contribution >= 0.6 is 0 Å². The van der Waals surface area contributed by atoms with Gasteiger partial charge in [-0.25, -0.2) is 4.98 Å². The maximum absolute atomic E-state index is 12.3. The number of amides is 1. The predicted octanol–water partition coefficient (Wildman–Crippen LogP) is 3.41. The Bertz CT molecular complexity index is 914. The summed E-state index contributed by atoms with van der Waals surface area (Å²) < 4.78 is 10.9. The zero-order valence-corrected chi connectivity index (χ0v) is 18.7. The Kier molecular flexibility index (Phi) is 5.63. The van der Waals surface area contributed by atoms with Crippen LogP contribution in [0.15, 0.2) is 21.2 Å². The van der Waals surface area contributed by atoms with Crippen molar-refractivity contribution < 1.29 is 13.7 Å². The van der Waals surface area contributed by atoms with E-state index in [-0.39, 0.29) is 17.7 Å². The van der Waals surface area contributed by atoms with E-state index >= 15 is 0 Å². The van der Waals surface area contributed by atoms with Crippen molar-refractivity contribution in [1.82, 2.24) is 20.4 Å². The Morgan fingerprint density at radius 1 is 1.29 bits per heavy atom. The van der Waals surface area contributed by atoms with Gasteiger partial charge in [-0.3, -0.25) is 4.79 Å². The quantitative estimate of drug-likeness (QED) is 0.696.